The van der Waals surface area contributed by atoms with Gasteiger partial charge in [-0.05, 0) is 50.8 Å². The number of hydrogen-bond acceptors (Lipinski definition) is 4. The lowest BCUT2D eigenvalue weighted by atomic mass is 10.0. The summed E-state index contributed by atoms with van der Waals surface area (Å²) in [6.07, 6.45) is 12.9. The van der Waals surface area contributed by atoms with Crippen molar-refractivity contribution in [1.29, 1.82) is 0 Å². The highest BCUT2D eigenvalue weighted by atomic mass is 32.3. The summed E-state index contributed by atoms with van der Waals surface area (Å²) in [6.45, 7) is 5.95. The molecule has 2 aromatic heterocycles. The predicted octanol–water partition coefficient (Wildman–Crippen LogP) is 3.94. The lowest BCUT2D eigenvalue weighted by Crippen LogP contribution is -2.14. The summed E-state index contributed by atoms with van der Waals surface area (Å²) in [7, 11) is 1.15. The van der Waals surface area contributed by atoms with Crippen molar-refractivity contribution in [2.24, 2.45) is 0 Å². The molecule has 0 aliphatic rings. The molecule has 0 unspecified atom stereocenters. The van der Waals surface area contributed by atoms with Gasteiger partial charge in [0, 0.05) is 59.4 Å². The minimum Gasteiger partial charge on any atom is -0.383 e. The Kier molecular flexibility index (Phi) is 7.73. The first-order chi connectivity index (χ1) is 15.1. The Morgan fingerprint density at radius 1 is 1.16 bits per heavy atom. The number of methoxy groups -OCH3 is 1. The molecule has 0 aliphatic carbocycles. The number of hydrogen-bond donors (Lipinski definition) is 1. The van der Waals surface area contributed by atoms with E-state index in [0.29, 0.717) is 13.3 Å². The minimum atomic E-state index is -1.03. The van der Waals surface area contributed by atoms with E-state index in [2.05, 4.69) is 58.6 Å². The van der Waals surface area contributed by atoms with Gasteiger partial charge >= 0.3 is 0 Å². The van der Waals surface area contributed by atoms with Gasteiger partial charge in [0.25, 0.3) is 0 Å². The molecule has 3 rings (SSSR count). The van der Waals surface area contributed by atoms with E-state index in [1.807, 2.05) is 23.1 Å². The van der Waals surface area contributed by atoms with Crippen molar-refractivity contribution < 1.29 is 14.6 Å². The fraction of sp³-hybridized carbons (Fsp3) is 0.480. The maximum absolute atomic E-state index is 9.95. The molecule has 0 amide bonds. The van der Waals surface area contributed by atoms with Crippen LogP contribution in [0.5, 0.6) is 0 Å². The molecule has 1 aromatic carbocycles. The second kappa shape index (κ2) is 10.1. The van der Waals surface area contributed by atoms with Crippen LogP contribution in [0, 0.1) is 11.8 Å². The zero-order valence-corrected chi connectivity index (χ0v) is 20.8. The molecule has 0 saturated carbocycles. The lowest BCUT2D eigenvalue weighted by molar-refractivity contribution is 0.0809. The molecule has 0 spiro atoms. The van der Waals surface area contributed by atoms with Gasteiger partial charge < -0.3 is 19.1 Å². The standard InChI is InChI=1S/C25H35N3O3S/c1-25(2,29)10-9-20-7-8-24-22(15-20)23(18-27(24)11-12-30-3)21-16-26-28(17-21)19-31-13-14-32(4,5)6/h7-8,15-18,29H,11-14,19H2,1-6H3. The molecule has 0 saturated heterocycles. The first-order valence-electron chi connectivity index (χ1n) is 10.7. The van der Waals surface area contributed by atoms with E-state index in [4.69, 9.17) is 9.47 Å². The Bertz CT molecular complexity index is 1110. The summed E-state index contributed by atoms with van der Waals surface area (Å²) in [5.74, 6) is 7.07. The Morgan fingerprint density at radius 2 is 1.94 bits per heavy atom. The maximum Gasteiger partial charge on any atom is 0.139 e. The van der Waals surface area contributed by atoms with Crippen molar-refractivity contribution in [3.63, 3.8) is 0 Å². The fourth-order valence-corrected chi connectivity index (χ4v) is 3.86. The summed E-state index contributed by atoms with van der Waals surface area (Å²) in [5, 5.41) is 15.5. The Morgan fingerprint density at radius 3 is 2.62 bits per heavy atom. The molecule has 3 aromatic rings. The van der Waals surface area contributed by atoms with Crippen LogP contribution in [-0.2, 0) is 22.7 Å². The molecule has 0 atom stereocenters. The Labute approximate surface area is 192 Å². The molecular weight excluding hydrogens is 422 g/mol. The van der Waals surface area contributed by atoms with E-state index in [9.17, 15) is 5.11 Å². The number of fused-ring (bicyclic) bond motifs is 1. The van der Waals surface area contributed by atoms with Gasteiger partial charge in [0.05, 0.1) is 19.4 Å². The maximum atomic E-state index is 9.95. The van der Waals surface area contributed by atoms with Crippen molar-refractivity contribution in [1.82, 2.24) is 14.3 Å². The number of benzene rings is 1. The van der Waals surface area contributed by atoms with Crippen molar-refractivity contribution in [3.8, 4) is 23.0 Å². The fourth-order valence-electron chi connectivity index (χ4n) is 3.24. The van der Waals surface area contributed by atoms with Crippen LogP contribution < -0.4 is 0 Å². The van der Waals surface area contributed by atoms with Gasteiger partial charge in [-0.3, -0.25) is 0 Å². The molecule has 0 bridgehead atoms. The summed E-state index contributed by atoms with van der Waals surface area (Å²) in [5.41, 5.74) is 3.07. The van der Waals surface area contributed by atoms with Gasteiger partial charge in [-0.2, -0.15) is 5.10 Å². The van der Waals surface area contributed by atoms with Crippen LogP contribution >= 0.6 is 10.0 Å². The van der Waals surface area contributed by atoms with E-state index < -0.39 is 15.6 Å². The number of rotatable bonds is 9. The highest BCUT2D eigenvalue weighted by Crippen LogP contribution is 2.34. The van der Waals surface area contributed by atoms with Crippen molar-refractivity contribution in [2.45, 2.75) is 32.7 Å². The molecule has 0 aliphatic heterocycles. The van der Waals surface area contributed by atoms with Crippen LogP contribution in [0.3, 0.4) is 0 Å². The molecule has 7 heteroatoms. The highest BCUT2D eigenvalue weighted by molar-refractivity contribution is 8.32. The van der Waals surface area contributed by atoms with Crippen LogP contribution in [-0.4, -0.2) is 69.9 Å². The molecule has 6 nitrogen and oxygen atoms in total. The summed E-state index contributed by atoms with van der Waals surface area (Å²) < 4.78 is 15.2. The van der Waals surface area contributed by atoms with Crippen LogP contribution in [0.1, 0.15) is 19.4 Å². The van der Waals surface area contributed by atoms with Gasteiger partial charge in [-0.25, -0.2) is 14.7 Å². The number of nitrogens with zero attached hydrogens (tertiary/aromatic N) is 3. The SMILES string of the molecule is COCCn1cc(-c2cnn(COCCS(C)(C)C)c2)c2cc(C#CC(C)(C)O)ccc21. The summed E-state index contributed by atoms with van der Waals surface area (Å²) >= 11 is 0. The number of aliphatic hydroxyl groups is 1. The molecule has 174 valence electrons. The highest BCUT2D eigenvalue weighted by Gasteiger charge is 2.13. The average molecular weight is 458 g/mol. The van der Waals surface area contributed by atoms with Gasteiger partial charge in [0.15, 0.2) is 0 Å². The molecule has 1 N–H and O–H groups in total. The summed E-state index contributed by atoms with van der Waals surface area (Å²) in [6, 6.07) is 6.14. The Hall–Kier alpha value is -2.24. The smallest absolute Gasteiger partial charge is 0.139 e. The molecular formula is C25H35N3O3S. The third-order valence-electron chi connectivity index (χ3n) is 4.94. The average Bonchev–Trinajstić information content (AvgIpc) is 3.31. The predicted molar refractivity (Wildman–Crippen MR) is 134 cm³/mol. The zero-order chi connectivity index (χ0) is 23.4. The quantitative estimate of drug-likeness (QED) is 0.391. The van der Waals surface area contributed by atoms with Crippen LogP contribution in [0.25, 0.3) is 22.0 Å². The van der Waals surface area contributed by atoms with Gasteiger partial charge in [0.2, 0.25) is 0 Å². The second-order valence-electron chi connectivity index (χ2n) is 9.37. The zero-order valence-electron chi connectivity index (χ0n) is 20.0. The van der Waals surface area contributed by atoms with E-state index >= 15 is 0 Å². The molecule has 2 heterocycles. The van der Waals surface area contributed by atoms with E-state index in [0.717, 1.165) is 46.5 Å². The number of aromatic nitrogens is 3. The van der Waals surface area contributed by atoms with Gasteiger partial charge in [-0.15, -0.1) is 0 Å². The first kappa shape index (κ1) is 24.4. The van der Waals surface area contributed by atoms with Crippen molar-refractivity contribution in [2.75, 3.05) is 44.8 Å². The minimum absolute atomic E-state index is 0.445. The molecule has 32 heavy (non-hydrogen) atoms. The largest absolute Gasteiger partial charge is 0.383 e. The van der Waals surface area contributed by atoms with Gasteiger partial charge in [-0.1, -0.05) is 11.8 Å². The van der Waals surface area contributed by atoms with Crippen LogP contribution in [0.4, 0.5) is 0 Å². The first-order valence-corrected chi connectivity index (χ1v) is 13.7. The molecule has 0 fully saturated rings. The number of ether oxygens (including phenoxy) is 2. The van der Waals surface area contributed by atoms with E-state index in [1.54, 1.807) is 21.0 Å². The molecule has 0 radical (unpaired) electrons. The summed E-state index contributed by atoms with van der Waals surface area (Å²) in [4.78, 5) is 0. The van der Waals surface area contributed by atoms with Crippen LogP contribution in [0.15, 0.2) is 36.8 Å². The van der Waals surface area contributed by atoms with E-state index in [-0.39, 0.29) is 0 Å². The second-order valence-corrected chi connectivity index (χ2v) is 14.0. The topological polar surface area (TPSA) is 61.4 Å². The monoisotopic (exact) mass is 457 g/mol. The lowest BCUT2D eigenvalue weighted by Gasteiger charge is -2.24. The van der Waals surface area contributed by atoms with Crippen molar-refractivity contribution >= 4 is 20.9 Å². The van der Waals surface area contributed by atoms with Gasteiger partial charge in [0.1, 0.15) is 12.3 Å². The van der Waals surface area contributed by atoms with E-state index in [1.165, 1.54) is 0 Å². The van der Waals surface area contributed by atoms with Crippen LogP contribution in [0.2, 0.25) is 0 Å². The normalized spacial score (nSPS) is 12.7. The third-order valence-corrected chi connectivity index (χ3v) is 6.33. The third kappa shape index (κ3) is 6.88. The van der Waals surface area contributed by atoms with Crippen molar-refractivity contribution in [3.05, 3.63) is 42.4 Å². The Balaban J connectivity index is 1.89.